The molecule has 4 nitrogen and oxygen atoms in total. The van der Waals surface area contributed by atoms with Gasteiger partial charge in [-0.2, -0.15) is 0 Å². The van der Waals surface area contributed by atoms with Crippen LogP contribution in [0, 0.1) is 6.92 Å². The first-order valence-electron chi connectivity index (χ1n) is 12.7. The molecule has 0 spiro atoms. The Morgan fingerprint density at radius 1 is 1.21 bits per heavy atom. The highest BCUT2D eigenvalue weighted by molar-refractivity contribution is 5.89. The smallest absolute Gasteiger partial charge is 0.335 e. The van der Waals surface area contributed by atoms with Crippen LogP contribution < -0.4 is 5.32 Å². The lowest BCUT2D eigenvalue weighted by atomic mass is 9.99. The number of aromatic carboxylic acids is 1. The molecule has 0 amide bonds. The highest BCUT2D eigenvalue weighted by Crippen LogP contribution is 2.22. The van der Waals surface area contributed by atoms with Crippen LogP contribution in [0.25, 0.3) is 11.1 Å². The predicted molar refractivity (Wildman–Crippen MR) is 116 cm³/mol. The van der Waals surface area contributed by atoms with Crippen LogP contribution in [-0.4, -0.2) is 29.2 Å². The van der Waals surface area contributed by atoms with E-state index in [0.717, 1.165) is 16.7 Å². The minimum atomic E-state index is -2.55. The van der Waals surface area contributed by atoms with Gasteiger partial charge in [-0.3, -0.25) is 0 Å². The summed E-state index contributed by atoms with van der Waals surface area (Å²) in [6.45, 7) is -1.23. The van der Waals surface area contributed by atoms with Crippen molar-refractivity contribution in [1.82, 2.24) is 5.32 Å². The summed E-state index contributed by atoms with van der Waals surface area (Å²) in [5.74, 6) is -1.03. The molecular weight excluding hydrogens is 362 g/mol. The van der Waals surface area contributed by atoms with Crippen molar-refractivity contribution in [2.45, 2.75) is 25.8 Å². The van der Waals surface area contributed by atoms with Crippen LogP contribution in [0.15, 0.2) is 72.7 Å². The fourth-order valence-electron chi connectivity index (χ4n) is 2.85. The number of hydrogen-bond acceptors (Lipinski definition) is 3. The number of hydrogen-bond donors (Lipinski definition) is 3. The third-order valence-electron chi connectivity index (χ3n) is 4.33. The minimum Gasteiger partial charge on any atom is -0.478 e. The number of benzene rings is 3. The third-order valence-corrected chi connectivity index (χ3v) is 4.33. The molecular formula is C25H27NO3. The molecule has 0 radical (unpaired) electrons. The van der Waals surface area contributed by atoms with Gasteiger partial charge in [-0.05, 0) is 60.6 Å². The third kappa shape index (κ3) is 6.01. The Morgan fingerprint density at radius 2 is 1.97 bits per heavy atom. The van der Waals surface area contributed by atoms with Crippen LogP contribution in [-0.2, 0) is 6.42 Å². The molecule has 3 rings (SSSR count). The van der Waals surface area contributed by atoms with E-state index in [0.29, 0.717) is 6.42 Å². The molecule has 0 bridgehead atoms. The SMILES string of the molecule is [2H]c1c([2H])c(C)c([2H])c([C@@]([2H])(O)CNC([2H])([2H])CCc2cccc(-c3cccc(C(=O)O)c3)c2)c1[2H]. The maximum atomic E-state index is 11.3. The second-order valence-corrected chi connectivity index (χ2v) is 6.56. The highest BCUT2D eigenvalue weighted by atomic mass is 16.4. The summed E-state index contributed by atoms with van der Waals surface area (Å²) in [4.78, 5) is 11.3. The fourth-order valence-corrected chi connectivity index (χ4v) is 2.85. The van der Waals surface area contributed by atoms with E-state index >= 15 is 0 Å². The predicted octanol–water partition coefficient (Wildman–Crippen LogP) is 4.62. The normalized spacial score (nSPS) is 17.0. The number of aryl methyl sites for hydroxylation is 1. The highest BCUT2D eigenvalue weighted by Gasteiger charge is 2.07. The molecule has 0 aromatic heterocycles. The zero-order valence-corrected chi connectivity index (χ0v) is 16.0. The second kappa shape index (κ2) is 10.0. The Hall–Kier alpha value is -2.95. The van der Waals surface area contributed by atoms with Crippen molar-refractivity contribution >= 4 is 5.97 Å². The lowest BCUT2D eigenvalue weighted by molar-refractivity contribution is 0.0697. The van der Waals surface area contributed by atoms with Crippen molar-refractivity contribution in [3.05, 3.63) is 95.0 Å². The van der Waals surface area contributed by atoms with Crippen LogP contribution in [0.3, 0.4) is 0 Å². The van der Waals surface area contributed by atoms with Crippen LogP contribution in [0.5, 0.6) is 0 Å². The van der Waals surface area contributed by atoms with E-state index < -0.39 is 42.7 Å². The molecule has 0 aliphatic carbocycles. The first-order valence-corrected chi connectivity index (χ1v) is 9.21. The zero-order chi connectivity index (χ0) is 26.8. The monoisotopic (exact) mass is 396 g/mol. The van der Waals surface area contributed by atoms with Crippen molar-refractivity contribution in [2.75, 3.05) is 13.0 Å². The van der Waals surface area contributed by atoms with Gasteiger partial charge < -0.3 is 15.5 Å². The van der Waals surface area contributed by atoms with Gasteiger partial charge in [0.1, 0.15) is 0 Å². The Labute approximate surface area is 181 Å². The first kappa shape index (κ1) is 13.3. The van der Waals surface area contributed by atoms with E-state index in [1.54, 1.807) is 24.3 Å². The number of aliphatic hydroxyl groups is 1. The van der Waals surface area contributed by atoms with Crippen LogP contribution in [0.4, 0.5) is 0 Å². The molecule has 0 aliphatic heterocycles. The molecule has 0 heterocycles. The van der Waals surface area contributed by atoms with Gasteiger partial charge in [-0.1, -0.05) is 66.1 Å². The van der Waals surface area contributed by atoms with Crippen LogP contribution in [0.2, 0.25) is 0 Å². The summed E-state index contributed by atoms with van der Waals surface area (Å²) in [6.07, 6.45) is -2.26. The van der Waals surface area contributed by atoms with Gasteiger partial charge in [-0.25, -0.2) is 4.79 Å². The summed E-state index contributed by atoms with van der Waals surface area (Å²) < 4.78 is 56.6. The van der Waals surface area contributed by atoms with Crippen LogP contribution >= 0.6 is 0 Å². The van der Waals surface area contributed by atoms with Crippen molar-refractivity contribution in [2.24, 2.45) is 0 Å². The van der Waals surface area contributed by atoms with E-state index in [4.69, 9.17) is 9.60 Å². The van der Waals surface area contributed by atoms with Crippen molar-refractivity contribution < 1.29 is 24.6 Å². The minimum absolute atomic E-state index is 0.0163. The number of carboxylic acids is 1. The lowest BCUT2D eigenvalue weighted by Crippen LogP contribution is -2.22. The number of nitrogens with one attached hydrogen (secondary N) is 1. The Balaban J connectivity index is 1.71. The van der Waals surface area contributed by atoms with Crippen molar-refractivity contribution in [3.8, 4) is 11.1 Å². The van der Waals surface area contributed by atoms with Gasteiger partial charge in [-0.15, -0.1) is 0 Å². The van der Waals surface area contributed by atoms with Gasteiger partial charge in [0.05, 0.1) is 18.5 Å². The number of carbonyl (C=O) groups is 1. The maximum Gasteiger partial charge on any atom is 0.335 e. The average molecular weight is 397 g/mol. The van der Waals surface area contributed by atoms with Gasteiger partial charge in [0.25, 0.3) is 0 Å². The Kier molecular flexibility index (Phi) is 4.59. The lowest BCUT2D eigenvalue weighted by Gasteiger charge is -2.13. The molecule has 0 saturated carbocycles. The van der Waals surface area contributed by atoms with Gasteiger partial charge in [0.2, 0.25) is 0 Å². The molecule has 1 atom stereocenters. The van der Waals surface area contributed by atoms with E-state index in [-0.39, 0.29) is 29.6 Å². The molecule has 0 fully saturated rings. The average Bonchev–Trinajstić information content (AvgIpc) is 2.84. The summed E-state index contributed by atoms with van der Waals surface area (Å²) in [6, 6.07) is 12.0. The van der Waals surface area contributed by atoms with E-state index in [1.165, 1.54) is 13.0 Å². The standard InChI is InChI=1S/C25H27NO3/c1-18-6-2-11-22(14-18)24(27)17-26-13-5-8-19-7-3-9-20(15-19)21-10-4-12-23(16-21)25(28)29/h2-4,6-7,9-12,14-16,24,26-27H,5,8,13,17H2,1H3,(H,28,29)/t24-/m0/s1/i2D,6D,11D,13D2,14D,24D. The summed E-state index contributed by atoms with van der Waals surface area (Å²) in [5.41, 5.74) is 2.10. The molecule has 4 heteroatoms. The van der Waals surface area contributed by atoms with Gasteiger partial charge in [0, 0.05) is 9.29 Å². The molecule has 3 aromatic carbocycles. The van der Waals surface area contributed by atoms with Gasteiger partial charge in [0.15, 0.2) is 0 Å². The quantitative estimate of drug-likeness (QED) is 0.494. The molecule has 3 aromatic rings. The molecule has 0 unspecified atom stereocenters. The largest absolute Gasteiger partial charge is 0.478 e. The molecule has 150 valence electrons. The summed E-state index contributed by atoms with van der Waals surface area (Å²) in [7, 11) is 0. The topological polar surface area (TPSA) is 69.6 Å². The fraction of sp³-hybridized carbons (Fsp3) is 0.240. The van der Waals surface area contributed by atoms with E-state index in [1.807, 2.05) is 18.2 Å². The first-order chi connectivity index (χ1) is 16.7. The summed E-state index contributed by atoms with van der Waals surface area (Å²) in [5, 5.41) is 22.4. The van der Waals surface area contributed by atoms with Crippen molar-refractivity contribution in [1.29, 1.82) is 0 Å². The maximum absolute atomic E-state index is 11.3. The summed E-state index contributed by atoms with van der Waals surface area (Å²) >= 11 is 0. The molecule has 29 heavy (non-hydrogen) atoms. The molecule has 3 N–H and O–H groups in total. The van der Waals surface area contributed by atoms with E-state index in [2.05, 4.69) is 5.32 Å². The number of rotatable bonds is 9. The second-order valence-electron chi connectivity index (χ2n) is 6.56. The molecule has 0 aliphatic rings. The number of carboxylic acid groups (broad SMARTS) is 1. The Bertz CT molecular complexity index is 1270. The van der Waals surface area contributed by atoms with E-state index in [9.17, 15) is 15.0 Å². The zero-order valence-electron chi connectivity index (χ0n) is 23.0. The van der Waals surface area contributed by atoms with Gasteiger partial charge >= 0.3 is 5.97 Å². The van der Waals surface area contributed by atoms with Crippen molar-refractivity contribution in [3.63, 3.8) is 0 Å². The Morgan fingerprint density at radius 3 is 2.76 bits per heavy atom. The molecule has 0 saturated heterocycles. The van der Waals surface area contributed by atoms with Crippen LogP contribution in [0.1, 0.15) is 49.1 Å².